The third-order valence-electron chi connectivity index (χ3n) is 5.35. The minimum absolute atomic E-state index is 0.00710. The molecule has 28 heavy (non-hydrogen) atoms. The molecule has 4 nitrogen and oxygen atoms in total. The molecule has 2 aliphatic rings. The Labute approximate surface area is 169 Å². The van der Waals surface area contributed by atoms with Crippen molar-refractivity contribution >= 4 is 29.1 Å². The van der Waals surface area contributed by atoms with E-state index in [0.29, 0.717) is 21.8 Å². The summed E-state index contributed by atoms with van der Waals surface area (Å²) in [4.78, 5) is 29.8. The SMILES string of the molecule is COc1ccccc1C1=C(Sc2ccccc2)C(=O)N(C2CCCCC2)C1=O. The molecule has 1 aliphatic carbocycles. The molecule has 144 valence electrons. The molecule has 1 saturated carbocycles. The molecule has 5 heteroatoms. The smallest absolute Gasteiger partial charge is 0.268 e. The predicted octanol–water partition coefficient (Wildman–Crippen LogP) is 4.90. The van der Waals surface area contributed by atoms with Gasteiger partial charge in [0.2, 0.25) is 0 Å². The molecule has 0 bridgehead atoms. The number of rotatable bonds is 5. The lowest BCUT2D eigenvalue weighted by molar-refractivity contribution is -0.139. The lowest BCUT2D eigenvalue weighted by atomic mass is 9.94. The molecule has 4 rings (SSSR count). The van der Waals surface area contributed by atoms with Gasteiger partial charge in [-0.1, -0.05) is 67.4 Å². The maximum Gasteiger partial charge on any atom is 0.268 e. The largest absolute Gasteiger partial charge is 0.496 e. The van der Waals surface area contributed by atoms with E-state index < -0.39 is 0 Å². The van der Waals surface area contributed by atoms with Crippen LogP contribution in [0.4, 0.5) is 0 Å². The molecule has 2 aromatic rings. The Balaban J connectivity index is 1.79. The molecule has 0 aromatic heterocycles. The first-order valence-corrected chi connectivity index (χ1v) is 10.5. The van der Waals surface area contributed by atoms with Gasteiger partial charge < -0.3 is 4.74 Å². The molecule has 0 N–H and O–H groups in total. The fourth-order valence-corrected chi connectivity index (χ4v) is 5.00. The van der Waals surface area contributed by atoms with Gasteiger partial charge in [0.25, 0.3) is 11.8 Å². The molecule has 1 fully saturated rings. The highest BCUT2D eigenvalue weighted by atomic mass is 32.2. The van der Waals surface area contributed by atoms with Crippen LogP contribution in [0.5, 0.6) is 5.75 Å². The van der Waals surface area contributed by atoms with Gasteiger partial charge >= 0.3 is 0 Å². The summed E-state index contributed by atoms with van der Waals surface area (Å²) in [5.41, 5.74) is 1.14. The number of carbonyl (C=O) groups is 2. The van der Waals surface area contributed by atoms with Crippen LogP contribution < -0.4 is 4.74 Å². The number of ether oxygens (including phenoxy) is 1. The summed E-state index contributed by atoms with van der Waals surface area (Å²) in [6.45, 7) is 0. The van der Waals surface area contributed by atoms with Gasteiger partial charge in [0.1, 0.15) is 5.75 Å². The van der Waals surface area contributed by atoms with Gasteiger partial charge in [0.05, 0.1) is 17.6 Å². The number of methoxy groups -OCH3 is 1. The summed E-state index contributed by atoms with van der Waals surface area (Å²) in [7, 11) is 1.59. The zero-order valence-corrected chi connectivity index (χ0v) is 16.7. The van der Waals surface area contributed by atoms with Crippen molar-refractivity contribution in [2.45, 2.75) is 43.0 Å². The van der Waals surface area contributed by atoms with Crippen molar-refractivity contribution in [2.24, 2.45) is 0 Å². The lowest BCUT2D eigenvalue weighted by Crippen LogP contribution is -2.42. The highest BCUT2D eigenvalue weighted by Gasteiger charge is 2.43. The Morgan fingerprint density at radius 2 is 1.57 bits per heavy atom. The Bertz CT molecular complexity index is 916. The average molecular weight is 394 g/mol. The summed E-state index contributed by atoms with van der Waals surface area (Å²) >= 11 is 1.36. The maximum atomic E-state index is 13.5. The second kappa shape index (κ2) is 8.23. The van der Waals surface area contributed by atoms with Crippen LogP contribution in [0.2, 0.25) is 0 Å². The van der Waals surface area contributed by atoms with Crippen molar-refractivity contribution in [1.82, 2.24) is 4.90 Å². The molecule has 1 heterocycles. The first-order chi connectivity index (χ1) is 13.7. The zero-order chi connectivity index (χ0) is 19.5. The Hall–Kier alpha value is -2.53. The van der Waals surface area contributed by atoms with Crippen LogP contribution in [0.3, 0.4) is 0 Å². The van der Waals surface area contributed by atoms with E-state index in [9.17, 15) is 9.59 Å². The molecular formula is C23H23NO3S. The number of thioether (sulfide) groups is 1. The molecule has 2 amide bonds. The van der Waals surface area contributed by atoms with Gasteiger partial charge in [0.15, 0.2) is 0 Å². The third-order valence-corrected chi connectivity index (χ3v) is 6.44. The van der Waals surface area contributed by atoms with Crippen LogP contribution >= 0.6 is 11.8 Å². The van der Waals surface area contributed by atoms with Crippen molar-refractivity contribution in [1.29, 1.82) is 0 Å². The summed E-state index contributed by atoms with van der Waals surface area (Å²) < 4.78 is 5.50. The number of amides is 2. The van der Waals surface area contributed by atoms with Crippen LogP contribution in [-0.2, 0) is 9.59 Å². The highest BCUT2D eigenvalue weighted by Crippen LogP contribution is 2.43. The first kappa shape index (κ1) is 18.8. The Kier molecular flexibility index (Phi) is 5.53. The second-order valence-electron chi connectivity index (χ2n) is 7.09. The van der Waals surface area contributed by atoms with Crippen LogP contribution in [-0.4, -0.2) is 29.9 Å². The van der Waals surface area contributed by atoms with Crippen LogP contribution in [0.1, 0.15) is 37.7 Å². The number of nitrogens with zero attached hydrogens (tertiary/aromatic N) is 1. The fourth-order valence-electron chi connectivity index (χ4n) is 3.99. The number of carbonyl (C=O) groups excluding carboxylic acids is 2. The summed E-state index contributed by atoms with van der Waals surface area (Å²) in [5.74, 6) is 0.238. The van der Waals surface area contributed by atoms with E-state index in [4.69, 9.17) is 4.74 Å². The van der Waals surface area contributed by atoms with Crippen LogP contribution in [0.15, 0.2) is 64.4 Å². The van der Waals surface area contributed by atoms with E-state index in [1.807, 2.05) is 54.6 Å². The predicted molar refractivity (Wildman–Crippen MR) is 111 cm³/mol. The Morgan fingerprint density at radius 1 is 0.893 bits per heavy atom. The summed E-state index contributed by atoms with van der Waals surface area (Å²) in [5, 5.41) is 0. The number of benzene rings is 2. The highest BCUT2D eigenvalue weighted by molar-refractivity contribution is 8.04. The van der Waals surface area contributed by atoms with Gasteiger partial charge in [0, 0.05) is 16.5 Å². The van der Waals surface area contributed by atoms with Crippen LogP contribution in [0.25, 0.3) is 5.57 Å². The maximum absolute atomic E-state index is 13.5. The number of imide groups is 1. The van der Waals surface area contributed by atoms with E-state index in [0.717, 1.165) is 30.6 Å². The topological polar surface area (TPSA) is 46.6 Å². The van der Waals surface area contributed by atoms with Crippen molar-refractivity contribution in [2.75, 3.05) is 7.11 Å². The monoisotopic (exact) mass is 393 g/mol. The minimum atomic E-state index is -0.195. The standard InChI is InChI=1S/C23H23NO3S/c1-27-19-15-9-8-14-18(19)20-21(28-17-12-6-3-7-13-17)23(26)24(22(20)25)16-10-4-2-5-11-16/h3,6-9,12-16H,2,4-5,10-11H2,1H3. The van der Waals surface area contributed by atoms with E-state index >= 15 is 0 Å². The van der Waals surface area contributed by atoms with E-state index in [1.54, 1.807) is 7.11 Å². The van der Waals surface area contributed by atoms with Crippen molar-refractivity contribution in [3.8, 4) is 5.75 Å². The van der Waals surface area contributed by atoms with Crippen molar-refractivity contribution < 1.29 is 14.3 Å². The fraction of sp³-hybridized carbons (Fsp3) is 0.304. The third kappa shape index (κ3) is 3.47. The quantitative estimate of drug-likeness (QED) is 0.678. The Morgan fingerprint density at radius 3 is 2.29 bits per heavy atom. The second-order valence-corrected chi connectivity index (χ2v) is 8.18. The molecule has 1 aliphatic heterocycles. The summed E-state index contributed by atoms with van der Waals surface area (Å²) in [6, 6.07) is 17.1. The average Bonchev–Trinajstić information content (AvgIpc) is 2.99. The van der Waals surface area contributed by atoms with E-state index in [2.05, 4.69) is 0 Å². The van der Waals surface area contributed by atoms with Crippen molar-refractivity contribution in [3.63, 3.8) is 0 Å². The van der Waals surface area contributed by atoms with Crippen molar-refractivity contribution in [3.05, 3.63) is 65.1 Å². The minimum Gasteiger partial charge on any atom is -0.496 e. The summed E-state index contributed by atoms with van der Waals surface area (Å²) in [6.07, 6.45) is 5.07. The van der Waals surface area contributed by atoms with Crippen LogP contribution in [0, 0.1) is 0 Å². The molecule has 0 saturated heterocycles. The van der Waals surface area contributed by atoms with Gasteiger partial charge in [-0.25, -0.2) is 0 Å². The zero-order valence-electron chi connectivity index (χ0n) is 15.9. The molecule has 0 radical (unpaired) electrons. The van der Waals surface area contributed by atoms with Gasteiger partial charge in [-0.05, 0) is 31.0 Å². The molecule has 2 aromatic carbocycles. The normalized spacial score (nSPS) is 18.1. The first-order valence-electron chi connectivity index (χ1n) is 9.69. The van der Waals surface area contributed by atoms with Gasteiger partial charge in [-0.3, -0.25) is 14.5 Å². The van der Waals surface area contributed by atoms with E-state index in [-0.39, 0.29) is 17.9 Å². The molecule has 0 atom stereocenters. The molecule has 0 unspecified atom stereocenters. The molecule has 0 spiro atoms. The lowest BCUT2D eigenvalue weighted by Gasteiger charge is -2.30. The molecular weight excluding hydrogens is 370 g/mol. The number of hydrogen-bond donors (Lipinski definition) is 0. The number of para-hydroxylation sites is 1. The van der Waals surface area contributed by atoms with E-state index in [1.165, 1.54) is 23.1 Å². The van der Waals surface area contributed by atoms with Gasteiger partial charge in [-0.15, -0.1) is 0 Å². The number of hydrogen-bond acceptors (Lipinski definition) is 4. The van der Waals surface area contributed by atoms with Gasteiger partial charge in [-0.2, -0.15) is 0 Å².